The van der Waals surface area contributed by atoms with Crippen LogP contribution in [0.4, 0.5) is 0 Å². The SMILES string of the molecule is Cc1cc(=O)c(C(=O)N2CCC(N)C(C)(C)C2)nn1-c1ccccc1.Cl. The Labute approximate surface area is 159 Å². The van der Waals surface area contributed by atoms with Gasteiger partial charge in [-0.05, 0) is 30.9 Å². The predicted octanol–water partition coefficient (Wildman–Crippen LogP) is 2.16. The number of benzene rings is 1. The molecule has 140 valence electrons. The van der Waals surface area contributed by atoms with Crippen LogP contribution in [0.15, 0.2) is 41.2 Å². The minimum atomic E-state index is -0.345. The van der Waals surface area contributed by atoms with Crippen LogP contribution in [0.2, 0.25) is 0 Å². The molecule has 1 unspecified atom stereocenters. The number of carbonyl (C=O) groups is 1. The number of amides is 1. The molecule has 1 fully saturated rings. The number of halogens is 1. The second kappa shape index (κ2) is 7.60. The molecule has 2 N–H and O–H groups in total. The number of aryl methyl sites for hydroxylation is 1. The van der Waals surface area contributed by atoms with Crippen molar-refractivity contribution in [1.82, 2.24) is 14.7 Å². The molecule has 2 aromatic rings. The summed E-state index contributed by atoms with van der Waals surface area (Å²) in [5.74, 6) is -0.324. The second-order valence-corrected chi connectivity index (χ2v) is 7.36. The molecular weight excluding hydrogens is 352 g/mol. The molecule has 0 radical (unpaired) electrons. The van der Waals surface area contributed by atoms with Gasteiger partial charge in [-0.1, -0.05) is 32.0 Å². The topological polar surface area (TPSA) is 81.2 Å². The lowest BCUT2D eigenvalue weighted by Crippen LogP contribution is -2.54. The molecule has 1 aromatic carbocycles. The molecule has 1 aliphatic rings. The van der Waals surface area contributed by atoms with Crippen molar-refractivity contribution in [2.24, 2.45) is 11.1 Å². The van der Waals surface area contributed by atoms with Crippen molar-refractivity contribution in [3.8, 4) is 5.69 Å². The number of rotatable bonds is 2. The number of aromatic nitrogens is 2. The number of hydrogen-bond donors (Lipinski definition) is 1. The zero-order chi connectivity index (χ0) is 18.2. The fraction of sp³-hybridized carbons (Fsp3) is 0.421. The molecule has 3 rings (SSSR count). The van der Waals surface area contributed by atoms with E-state index in [4.69, 9.17) is 5.73 Å². The zero-order valence-electron chi connectivity index (χ0n) is 15.3. The minimum Gasteiger partial charge on any atom is -0.336 e. The zero-order valence-corrected chi connectivity index (χ0v) is 16.1. The van der Waals surface area contributed by atoms with Crippen LogP contribution in [-0.2, 0) is 0 Å². The largest absolute Gasteiger partial charge is 0.336 e. The molecule has 1 aliphatic heterocycles. The van der Waals surface area contributed by atoms with Crippen LogP contribution in [-0.4, -0.2) is 39.7 Å². The molecule has 0 spiro atoms. The summed E-state index contributed by atoms with van der Waals surface area (Å²) >= 11 is 0. The molecule has 0 bridgehead atoms. The van der Waals surface area contributed by atoms with Gasteiger partial charge in [0.2, 0.25) is 5.43 Å². The van der Waals surface area contributed by atoms with Gasteiger partial charge in [-0.25, -0.2) is 4.68 Å². The van der Waals surface area contributed by atoms with Gasteiger partial charge in [0, 0.05) is 30.9 Å². The first kappa shape index (κ1) is 20.1. The standard InChI is InChI=1S/C19H24N4O2.ClH/c1-13-11-15(24)17(21-23(13)14-7-5-4-6-8-14)18(25)22-10-9-16(20)19(2,3)12-22;/h4-8,11,16H,9-10,12,20H2,1-3H3;1H. The Hall–Kier alpha value is -2.18. The lowest BCUT2D eigenvalue weighted by molar-refractivity contribution is 0.0524. The van der Waals surface area contributed by atoms with Gasteiger partial charge in [0.15, 0.2) is 5.69 Å². The summed E-state index contributed by atoms with van der Waals surface area (Å²) in [5.41, 5.74) is 7.08. The van der Waals surface area contributed by atoms with Gasteiger partial charge in [-0.3, -0.25) is 9.59 Å². The van der Waals surface area contributed by atoms with E-state index in [1.165, 1.54) is 6.07 Å². The number of nitrogens with zero attached hydrogens (tertiary/aromatic N) is 3. The maximum absolute atomic E-state index is 12.9. The highest BCUT2D eigenvalue weighted by atomic mass is 35.5. The quantitative estimate of drug-likeness (QED) is 0.870. The molecule has 1 aromatic heterocycles. The van der Waals surface area contributed by atoms with E-state index in [1.54, 1.807) is 16.5 Å². The van der Waals surface area contributed by atoms with E-state index in [9.17, 15) is 9.59 Å². The fourth-order valence-corrected chi connectivity index (χ4v) is 3.22. The molecule has 0 saturated carbocycles. The van der Waals surface area contributed by atoms with Crippen molar-refractivity contribution >= 4 is 18.3 Å². The Morgan fingerprint density at radius 1 is 1.27 bits per heavy atom. The molecule has 6 nitrogen and oxygen atoms in total. The third kappa shape index (κ3) is 3.81. The lowest BCUT2D eigenvalue weighted by atomic mass is 9.79. The molecule has 1 amide bonds. The van der Waals surface area contributed by atoms with Crippen LogP contribution in [0.5, 0.6) is 0 Å². The Kier molecular flexibility index (Phi) is 5.88. The first-order valence-corrected chi connectivity index (χ1v) is 8.51. The third-order valence-corrected chi connectivity index (χ3v) is 4.91. The van der Waals surface area contributed by atoms with Crippen molar-refractivity contribution < 1.29 is 4.79 Å². The number of piperidine rings is 1. The molecule has 2 heterocycles. The van der Waals surface area contributed by atoms with Crippen molar-refractivity contribution in [3.05, 3.63) is 58.0 Å². The van der Waals surface area contributed by atoms with Crippen molar-refractivity contribution in [1.29, 1.82) is 0 Å². The monoisotopic (exact) mass is 376 g/mol. The van der Waals surface area contributed by atoms with Crippen molar-refractivity contribution in [2.45, 2.75) is 33.2 Å². The summed E-state index contributed by atoms with van der Waals surface area (Å²) in [7, 11) is 0. The van der Waals surface area contributed by atoms with Crippen LogP contribution in [0.25, 0.3) is 5.69 Å². The average molecular weight is 377 g/mol. The Morgan fingerprint density at radius 2 is 1.92 bits per heavy atom. The van der Waals surface area contributed by atoms with Crippen LogP contribution >= 0.6 is 12.4 Å². The Morgan fingerprint density at radius 3 is 2.54 bits per heavy atom. The summed E-state index contributed by atoms with van der Waals surface area (Å²) in [6, 6.07) is 11.0. The number of hydrogen-bond acceptors (Lipinski definition) is 4. The Bertz CT molecular complexity index is 848. The molecule has 0 aliphatic carbocycles. The van der Waals surface area contributed by atoms with E-state index in [1.807, 2.05) is 44.2 Å². The lowest BCUT2D eigenvalue weighted by Gasteiger charge is -2.42. The summed E-state index contributed by atoms with van der Waals surface area (Å²) < 4.78 is 1.63. The fourth-order valence-electron chi connectivity index (χ4n) is 3.22. The van der Waals surface area contributed by atoms with Crippen molar-refractivity contribution in [2.75, 3.05) is 13.1 Å². The van der Waals surface area contributed by atoms with Crippen LogP contribution in [0.3, 0.4) is 0 Å². The maximum atomic E-state index is 12.9. The van der Waals surface area contributed by atoms with E-state index in [2.05, 4.69) is 5.10 Å². The second-order valence-electron chi connectivity index (χ2n) is 7.36. The van der Waals surface area contributed by atoms with Gasteiger partial charge >= 0.3 is 0 Å². The van der Waals surface area contributed by atoms with Gasteiger partial charge in [0.1, 0.15) is 0 Å². The molecule has 1 atom stereocenters. The van der Waals surface area contributed by atoms with E-state index < -0.39 is 0 Å². The van der Waals surface area contributed by atoms with E-state index in [0.29, 0.717) is 18.8 Å². The van der Waals surface area contributed by atoms with Crippen LogP contribution in [0.1, 0.15) is 36.5 Å². The van der Waals surface area contributed by atoms with E-state index >= 15 is 0 Å². The van der Waals surface area contributed by atoms with Gasteiger partial charge in [-0.15, -0.1) is 12.4 Å². The number of nitrogens with two attached hydrogens (primary N) is 1. The average Bonchev–Trinajstić information content (AvgIpc) is 2.57. The van der Waals surface area contributed by atoms with Gasteiger partial charge < -0.3 is 10.6 Å². The first-order valence-electron chi connectivity index (χ1n) is 8.51. The summed E-state index contributed by atoms with van der Waals surface area (Å²) in [6.07, 6.45) is 0.720. The molecule has 1 saturated heterocycles. The van der Waals surface area contributed by atoms with Crippen LogP contribution in [0, 0.1) is 12.3 Å². The van der Waals surface area contributed by atoms with Crippen LogP contribution < -0.4 is 11.2 Å². The Balaban J connectivity index is 0.00000243. The number of para-hydroxylation sites is 1. The molecule has 7 heteroatoms. The number of likely N-dealkylation sites (tertiary alicyclic amines) is 1. The van der Waals surface area contributed by atoms with E-state index in [0.717, 1.165) is 12.1 Å². The number of carbonyl (C=O) groups excluding carboxylic acids is 1. The normalized spacial score (nSPS) is 18.9. The highest BCUT2D eigenvalue weighted by Gasteiger charge is 2.36. The summed E-state index contributed by atoms with van der Waals surface area (Å²) in [5, 5.41) is 4.37. The van der Waals surface area contributed by atoms with E-state index in [-0.39, 0.29) is 40.9 Å². The molecule has 26 heavy (non-hydrogen) atoms. The summed E-state index contributed by atoms with van der Waals surface area (Å²) in [6.45, 7) is 6.96. The highest BCUT2D eigenvalue weighted by molar-refractivity contribution is 5.92. The minimum absolute atomic E-state index is 0. The van der Waals surface area contributed by atoms with Crippen molar-refractivity contribution in [3.63, 3.8) is 0 Å². The first-order chi connectivity index (χ1) is 11.8. The third-order valence-electron chi connectivity index (χ3n) is 4.91. The van der Waals surface area contributed by atoms with Gasteiger partial charge in [0.25, 0.3) is 5.91 Å². The smallest absolute Gasteiger partial charge is 0.278 e. The maximum Gasteiger partial charge on any atom is 0.278 e. The van der Waals surface area contributed by atoms with Gasteiger partial charge in [0.05, 0.1) is 5.69 Å². The van der Waals surface area contributed by atoms with Gasteiger partial charge in [-0.2, -0.15) is 5.10 Å². The molecular formula is C19H25ClN4O2. The predicted molar refractivity (Wildman–Crippen MR) is 104 cm³/mol. The summed E-state index contributed by atoms with van der Waals surface area (Å²) in [4.78, 5) is 27.0. The highest BCUT2D eigenvalue weighted by Crippen LogP contribution is 2.28.